The average molecular weight is 200 g/mol. The molecule has 0 saturated carbocycles. The molecule has 0 spiro atoms. The van der Waals surface area contributed by atoms with E-state index in [1.807, 2.05) is 0 Å². The van der Waals surface area contributed by atoms with Crippen LogP contribution in [0.2, 0.25) is 0 Å². The fourth-order valence-corrected chi connectivity index (χ4v) is 2.42. The van der Waals surface area contributed by atoms with Gasteiger partial charge in [0, 0.05) is 5.92 Å². The molecule has 0 aliphatic carbocycles. The minimum Gasteiger partial charge on any atom is -0.392 e. The lowest BCUT2D eigenvalue weighted by atomic mass is 9.74. The predicted molar refractivity (Wildman–Crippen MR) is 58.1 cm³/mol. The normalized spacial score (nSPS) is 41.4. The fraction of sp³-hybridized carbons (Fsp3) is 1.00. The third-order valence-electron chi connectivity index (χ3n) is 3.57. The molecule has 2 nitrogen and oxygen atoms in total. The average Bonchev–Trinajstić information content (AvgIpc) is 2.24. The van der Waals surface area contributed by atoms with Gasteiger partial charge in [0.05, 0.1) is 18.3 Å². The Bertz CT molecular complexity index is 195. The fourth-order valence-electron chi connectivity index (χ4n) is 2.42. The molecule has 0 aromatic carbocycles. The molecule has 0 aromatic heterocycles. The summed E-state index contributed by atoms with van der Waals surface area (Å²) >= 11 is 0. The highest BCUT2D eigenvalue weighted by molar-refractivity contribution is 4.92. The number of ether oxygens (including phenoxy) is 1. The SMILES string of the molecule is CC1OC(C)C(C(O)C(C)(C)C)C1C. The molecule has 0 amide bonds. The third-order valence-corrected chi connectivity index (χ3v) is 3.57. The summed E-state index contributed by atoms with van der Waals surface area (Å²) in [5.41, 5.74) is -0.0550. The minimum atomic E-state index is -0.280. The summed E-state index contributed by atoms with van der Waals surface area (Å²) in [6.45, 7) is 12.6. The second-order valence-electron chi connectivity index (χ2n) is 5.79. The molecule has 0 radical (unpaired) electrons. The molecule has 84 valence electrons. The molecule has 1 saturated heterocycles. The Balaban J connectivity index is 2.77. The number of hydrogen-bond donors (Lipinski definition) is 1. The van der Waals surface area contributed by atoms with Crippen molar-refractivity contribution < 1.29 is 9.84 Å². The molecule has 0 aromatic rings. The second-order valence-corrected chi connectivity index (χ2v) is 5.79. The van der Waals surface area contributed by atoms with Gasteiger partial charge in [0.2, 0.25) is 0 Å². The standard InChI is InChI=1S/C12H24O2/c1-7-8(2)14-9(3)10(7)11(13)12(4,5)6/h7-11,13H,1-6H3. The van der Waals surface area contributed by atoms with Crippen LogP contribution < -0.4 is 0 Å². The number of hydrogen-bond acceptors (Lipinski definition) is 2. The quantitative estimate of drug-likeness (QED) is 0.704. The smallest absolute Gasteiger partial charge is 0.0644 e. The molecular formula is C12H24O2. The van der Waals surface area contributed by atoms with Crippen LogP contribution in [0.15, 0.2) is 0 Å². The van der Waals surface area contributed by atoms with Gasteiger partial charge in [-0.15, -0.1) is 0 Å². The molecule has 1 fully saturated rings. The zero-order valence-electron chi connectivity index (χ0n) is 10.2. The van der Waals surface area contributed by atoms with Crippen molar-refractivity contribution >= 4 is 0 Å². The Hall–Kier alpha value is -0.0800. The van der Waals surface area contributed by atoms with E-state index in [0.29, 0.717) is 5.92 Å². The van der Waals surface area contributed by atoms with Gasteiger partial charge in [-0.2, -0.15) is 0 Å². The van der Waals surface area contributed by atoms with Crippen molar-refractivity contribution in [3.05, 3.63) is 0 Å². The van der Waals surface area contributed by atoms with Crippen LogP contribution in [0.1, 0.15) is 41.5 Å². The molecule has 1 rings (SSSR count). The van der Waals surface area contributed by atoms with Crippen LogP contribution in [0.3, 0.4) is 0 Å². The summed E-state index contributed by atoms with van der Waals surface area (Å²) in [7, 11) is 0. The first kappa shape index (κ1) is 12.0. The second kappa shape index (κ2) is 3.82. The number of rotatable bonds is 1. The number of aliphatic hydroxyl groups is 1. The van der Waals surface area contributed by atoms with E-state index in [-0.39, 0.29) is 29.6 Å². The van der Waals surface area contributed by atoms with Crippen LogP contribution in [0, 0.1) is 17.3 Å². The Labute approximate surface area is 87.7 Å². The van der Waals surface area contributed by atoms with Gasteiger partial charge in [0.25, 0.3) is 0 Å². The topological polar surface area (TPSA) is 29.5 Å². The van der Waals surface area contributed by atoms with Crippen molar-refractivity contribution in [1.82, 2.24) is 0 Å². The Morgan fingerprint density at radius 1 is 1.07 bits per heavy atom. The van der Waals surface area contributed by atoms with Gasteiger partial charge in [-0.05, 0) is 25.2 Å². The van der Waals surface area contributed by atoms with Crippen molar-refractivity contribution in [1.29, 1.82) is 0 Å². The van der Waals surface area contributed by atoms with E-state index in [2.05, 4.69) is 41.5 Å². The Morgan fingerprint density at radius 2 is 1.57 bits per heavy atom. The molecule has 1 aliphatic rings. The van der Waals surface area contributed by atoms with Gasteiger partial charge >= 0.3 is 0 Å². The maximum atomic E-state index is 10.3. The van der Waals surface area contributed by atoms with Crippen molar-refractivity contribution in [3.63, 3.8) is 0 Å². The maximum absolute atomic E-state index is 10.3. The summed E-state index contributed by atoms with van der Waals surface area (Å²) < 4.78 is 5.74. The van der Waals surface area contributed by atoms with Gasteiger partial charge in [-0.3, -0.25) is 0 Å². The molecule has 1 heterocycles. The van der Waals surface area contributed by atoms with Crippen molar-refractivity contribution in [2.45, 2.75) is 59.9 Å². The van der Waals surface area contributed by atoms with E-state index in [0.717, 1.165) is 0 Å². The first-order valence-corrected chi connectivity index (χ1v) is 5.58. The molecule has 5 atom stereocenters. The molecule has 14 heavy (non-hydrogen) atoms. The predicted octanol–water partition coefficient (Wildman–Crippen LogP) is 2.45. The summed E-state index contributed by atoms with van der Waals surface area (Å²) in [4.78, 5) is 0. The maximum Gasteiger partial charge on any atom is 0.0644 e. The zero-order chi connectivity index (χ0) is 11.1. The van der Waals surface area contributed by atoms with E-state index >= 15 is 0 Å². The van der Waals surface area contributed by atoms with Crippen LogP contribution in [0.4, 0.5) is 0 Å². The molecule has 2 heteroatoms. The number of aliphatic hydroxyl groups excluding tert-OH is 1. The van der Waals surface area contributed by atoms with Gasteiger partial charge in [-0.1, -0.05) is 27.7 Å². The van der Waals surface area contributed by atoms with Crippen molar-refractivity contribution in [3.8, 4) is 0 Å². The van der Waals surface area contributed by atoms with E-state index in [1.54, 1.807) is 0 Å². The summed E-state index contributed by atoms with van der Waals surface area (Å²) in [6, 6.07) is 0. The first-order chi connectivity index (χ1) is 6.25. The van der Waals surface area contributed by atoms with Crippen LogP contribution in [-0.4, -0.2) is 23.4 Å². The van der Waals surface area contributed by atoms with E-state index in [9.17, 15) is 5.11 Å². The highest BCUT2D eigenvalue weighted by atomic mass is 16.5. The van der Waals surface area contributed by atoms with Crippen molar-refractivity contribution in [2.75, 3.05) is 0 Å². The van der Waals surface area contributed by atoms with Crippen LogP contribution >= 0.6 is 0 Å². The molecule has 1 aliphatic heterocycles. The highest BCUT2D eigenvalue weighted by Crippen LogP contribution is 2.39. The lowest BCUT2D eigenvalue weighted by Gasteiger charge is -2.34. The Morgan fingerprint density at radius 3 is 1.86 bits per heavy atom. The Kier molecular flexibility index (Phi) is 3.27. The van der Waals surface area contributed by atoms with Gasteiger partial charge in [-0.25, -0.2) is 0 Å². The molecule has 1 N–H and O–H groups in total. The minimum absolute atomic E-state index is 0.0550. The lowest BCUT2D eigenvalue weighted by Crippen LogP contribution is -2.39. The monoisotopic (exact) mass is 200 g/mol. The third kappa shape index (κ3) is 2.12. The van der Waals surface area contributed by atoms with Crippen molar-refractivity contribution in [2.24, 2.45) is 17.3 Å². The largest absolute Gasteiger partial charge is 0.392 e. The van der Waals surface area contributed by atoms with Gasteiger partial charge in [0.15, 0.2) is 0 Å². The lowest BCUT2D eigenvalue weighted by molar-refractivity contribution is -0.0260. The van der Waals surface area contributed by atoms with Crippen LogP contribution in [-0.2, 0) is 4.74 Å². The van der Waals surface area contributed by atoms with E-state index < -0.39 is 0 Å². The van der Waals surface area contributed by atoms with Crippen LogP contribution in [0.5, 0.6) is 0 Å². The first-order valence-electron chi connectivity index (χ1n) is 5.58. The van der Waals surface area contributed by atoms with Gasteiger partial charge < -0.3 is 9.84 Å². The van der Waals surface area contributed by atoms with E-state index in [1.165, 1.54) is 0 Å². The van der Waals surface area contributed by atoms with E-state index in [4.69, 9.17) is 4.74 Å². The summed E-state index contributed by atoms with van der Waals surface area (Å²) in [5.74, 6) is 0.712. The molecule has 0 bridgehead atoms. The molecular weight excluding hydrogens is 176 g/mol. The zero-order valence-corrected chi connectivity index (χ0v) is 10.2. The molecule has 5 unspecified atom stereocenters. The van der Waals surface area contributed by atoms with Crippen LogP contribution in [0.25, 0.3) is 0 Å². The highest BCUT2D eigenvalue weighted by Gasteiger charge is 2.44. The summed E-state index contributed by atoms with van der Waals surface area (Å²) in [6.07, 6.45) is 0.165. The van der Waals surface area contributed by atoms with Gasteiger partial charge in [0.1, 0.15) is 0 Å². The summed E-state index contributed by atoms with van der Waals surface area (Å²) in [5, 5.41) is 10.3.